The molecule has 0 aliphatic heterocycles. The summed E-state index contributed by atoms with van der Waals surface area (Å²) in [6.07, 6.45) is 3.62. The number of nitrogens with two attached hydrogens (primary N) is 1. The Hall–Kier alpha value is -1.29. The molecule has 2 N–H and O–H groups in total. The number of rotatable bonds is 3. The molecule has 3 nitrogen and oxygen atoms in total. The summed E-state index contributed by atoms with van der Waals surface area (Å²) in [5.41, 5.74) is 6.14. The van der Waals surface area contributed by atoms with Gasteiger partial charge in [-0.15, -0.1) is 0 Å². The largest absolute Gasteiger partial charge is 0.496 e. The summed E-state index contributed by atoms with van der Waals surface area (Å²) in [5.74, 6) is 0.335. The molecule has 0 atom stereocenters. The lowest BCUT2D eigenvalue weighted by molar-refractivity contribution is 0.343. The lowest BCUT2D eigenvalue weighted by atomic mass is 9.88. The van der Waals surface area contributed by atoms with Crippen LogP contribution in [0.15, 0.2) is 12.1 Å². The first-order valence-corrected chi connectivity index (χ1v) is 5.82. The van der Waals surface area contributed by atoms with Gasteiger partial charge in [-0.2, -0.15) is 0 Å². The number of benzene rings is 1. The van der Waals surface area contributed by atoms with E-state index in [1.54, 1.807) is 12.1 Å². The molecule has 1 fully saturated rings. The summed E-state index contributed by atoms with van der Waals surface area (Å²) in [7, 11) is 2.98. The average molecular weight is 239 g/mol. The Kier molecular flexibility index (Phi) is 3.24. The van der Waals surface area contributed by atoms with Gasteiger partial charge in [0.1, 0.15) is 5.75 Å². The van der Waals surface area contributed by atoms with Crippen molar-refractivity contribution < 1.29 is 13.9 Å². The van der Waals surface area contributed by atoms with Crippen LogP contribution in [0.25, 0.3) is 0 Å². The van der Waals surface area contributed by atoms with Crippen molar-refractivity contribution in [1.82, 2.24) is 0 Å². The molecular formula is C13H18FNO2. The quantitative estimate of drug-likeness (QED) is 0.881. The zero-order chi connectivity index (χ0) is 12.5. The fraction of sp³-hybridized carbons (Fsp3) is 0.538. The van der Waals surface area contributed by atoms with Gasteiger partial charge in [0, 0.05) is 5.54 Å². The van der Waals surface area contributed by atoms with Gasteiger partial charge in [0.05, 0.1) is 19.8 Å². The third-order valence-corrected chi connectivity index (χ3v) is 3.50. The second-order valence-corrected chi connectivity index (χ2v) is 4.52. The predicted molar refractivity (Wildman–Crippen MR) is 63.8 cm³/mol. The highest BCUT2D eigenvalue weighted by atomic mass is 19.1. The van der Waals surface area contributed by atoms with Crippen LogP contribution < -0.4 is 15.2 Å². The Morgan fingerprint density at radius 1 is 1.12 bits per heavy atom. The van der Waals surface area contributed by atoms with Gasteiger partial charge in [-0.05, 0) is 25.0 Å². The number of ether oxygens (including phenoxy) is 2. The number of hydrogen-bond donors (Lipinski definition) is 1. The fourth-order valence-corrected chi connectivity index (χ4v) is 2.59. The van der Waals surface area contributed by atoms with Crippen LogP contribution in [0.1, 0.15) is 31.2 Å². The van der Waals surface area contributed by atoms with Crippen LogP contribution in [0.3, 0.4) is 0 Å². The summed E-state index contributed by atoms with van der Waals surface area (Å²) in [5, 5.41) is 0. The lowest BCUT2D eigenvalue weighted by Crippen LogP contribution is -2.34. The Morgan fingerprint density at radius 2 is 1.65 bits per heavy atom. The highest BCUT2D eigenvalue weighted by molar-refractivity contribution is 5.46. The van der Waals surface area contributed by atoms with Crippen LogP contribution in [0.5, 0.6) is 11.5 Å². The molecular weight excluding hydrogens is 221 g/mol. The van der Waals surface area contributed by atoms with E-state index in [0.717, 1.165) is 25.7 Å². The maximum Gasteiger partial charge on any atom is 0.173 e. The highest BCUT2D eigenvalue weighted by Gasteiger charge is 2.37. The molecule has 0 bridgehead atoms. The Labute approximate surface area is 101 Å². The molecule has 2 rings (SSSR count). The van der Waals surface area contributed by atoms with Crippen LogP contribution in [-0.2, 0) is 5.54 Å². The Bertz CT molecular complexity index is 414. The molecule has 4 heteroatoms. The molecule has 1 aromatic rings. The first-order chi connectivity index (χ1) is 8.12. The molecule has 94 valence electrons. The zero-order valence-electron chi connectivity index (χ0n) is 10.3. The van der Waals surface area contributed by atoms with E-state index >= 15 is 0 Å². The lowest BCUT2D eigenvalue weighted by Gasteiger charge is -2.27. The first kappa shape index (κ1) is 12.2. The summed E-state index contributed by atoms with van der Waals surface area (Å²) in [4.78, 5) is 0. The van der Waals surface area contributed by atoms with Gasteiger partial charge in [0.2, 0.25) is 0 Å². The Morgan fingerprint density at radius 3 is 2.18 bits per heavy atom. The molecule has 0 heterocycles. The van der Waals surface area contributed by atoms with Crippen molar-refractivity contribution in [3.05, 3.63) is 23.5 Å². The maximum absolute atomic E-state index is 14.3. The summed E-state index contributed by atoms with van der Waals surface area (Å²) >= 11 is 0. The van der Waals surface area contributed by atoms with Gasteiger partial charge >= 0.3 is 0 Å². The molecule has 0 amide bonds. The van der Waals surface area contributed by atoms with Crippen molar-refractivity contribution in [2.24, 2.45) is 5.73 Å². The third kappa shape index (κ3) is 1.97. The van der Waals surface area contributed by atoms with Gasteiger partial charge in [-0.1, -0.05) is 12.8 Å². The van der Waals surface area contributed by atoms with Crippen molar-refractivity contribution in [3.8, 4) is 11.5 Å². The van der Waals surface area contributed by atoms with Gasteiger partial charge in [0.25, 0.3) is 0 Å². The standard InChI is InChI=1S/C13H18FNO2/c1-16-9-5-6-10(17-2)12(14)11(9)13(15)7-3-4-8-13/h5-6H,3-4,7-8,15H2,1-2H3. The topological polar surface area (TPSA) is 44.5 Å². The molecule has 0 unspecified atom stereocenters. The van der Waals surface area contributed by atoms with Crippen LogP contribution >= 0.6 is 0 Å². The van der Waals surface area contributed by atoms with Gasteiger partial charge in [0.15, 0.2) is 11.6 Å². The van der Waals surface area contributed by atoms with E-state index in [1.165, 1.54) is 14.2 Å². The van der Waals surface area contributed by atoms with Crippen molar-refractivity contribution in [1.29, 1.82) is 0 Å². The monoisotopic (exact) mass is 239 g/mol. The van der Waals surface area contributed by atoms with Crippen LogP contribution in [0.4, 0.5) is 4.39 Å². The number of halogens is 1. The normalized spacial score (nSPS) is 18.1. The fourth-order valence-electron chi connectivity index (χ4n) is 2.59. The summed E-state index contributed by atoms with van der Waals surface area (Å²) in [6.45, 7) is 0. The first-order valence-electron chi connectivity index (χ1n) is 5.82. The van der Waals surface area contributed by atoms with Gasteiger partial charge in [-0.3, -0.25) is 0 Å². The smallest absolute Gasteiger partial charge is 0.173 e. The minimum absolute atomic E-state index is 0.220. The molecule has 0 spiro atoms. The predicted octanol–water partition coefficient (Wildman–Crippen LogP) is 2.57. The van der Waals surface area contributed by atoms with Crippen LogP contribution in [-0.4, -0.2) is 14.2 Å². The SMILES string of the molecule is COc1ccc(OC)c(C2(N)CCCC2)c1F. The van der Waals surface area contributed by atoms with Crippen molar-refractivity contribution in [2.45, 2.75) is 31.2 Å². The maximum atomic E-state index is 14.3. The van der Waals surface area contributed by atoms with E-state index in [0.29, 0.717) is 11.3 Å². The zero-order valence-corrected chi connectivity index (χ0v) is 10.3. The summed E-state index contributed by atoms with van der Waals surface area (Å²) in [6, 6.07) is 3.28. The Balaban J connectivity index is 2.56. The molecule has 17 heavy (non-hydrogen) atoms. The highest BCUT2D eigenvalue weighted by Crippen LogP contribution is 2.43. The van der Waals surface area contributed by atoms with Crippen LogP contribution in [0.2, 0.25) is 0 Å². The number of methoxy groups -OCH3 is 2. The van der Waals surface area contributed by atoms with E-state index in [-0.39, 0.29) is 5.75 Å². The molecule has 1 aliphatic rings. The second kappa shape index (κ2) is 4.53. The van der Waals surface area contributed by atoms with Crippen molar-refractivity contribution in [3.63, 3.8) is 0 Å². The number of hydrogen-bond acceptors (Lipinski definition) is 3. The van der Waals surface area contributed by atoms with Gasteiger partial charge in [-0.25, -0.2) is 4.39 Å². The van der Waals surface area contributed by atoms with Crippen molar-refractivity contribution in [2.75, 3.05) is 14.2 Å². The molecule has 0 radical (unpaired) electrons. The minimum Gasteiger partial charge on any atom is -0.496 e. The van der Waals surface area contributed by atoms with E-state index in [9.17, 15) is 4.39 Å². The molecule has 1 aromatic carbocycles. The third-order valence-electron chi connectivity index (χ3n) is 3.50. The second-order valence-electron chi connectivity index (χ2n) is 4.52. The average Bonchev–Trinajstić information content (AvgIpc) is 2.76. The minimum atomic E-state index is -0.621. The van der Waals surface area contributed by atoms with Crippen molar-refractivity contribution >= 4 is 0 Å². The van der Waals surface area contributed by atoms with E-state index in [2.05, 4.69) is 0 Å². The van der Waals surface area contributed by atoms with E-state index < -0.39 is 11.4 Å². The van der Waals surface area contributed by atoms with Crippen LogP contribution in [0, 0.1) is 5.82 Å². The van der Waals surface area contributed by atoms with E-state index in [4.69, 9.17) is 15.2 Å². The molecule has 0 aromatic heterocycles. The molecule has 1 aliphatic carbocycles. The molecule has 0 saturated heterocycles. The van der Waals surface area contributed by atoms with E-state index in [1.807, 2.05) is 0 Å². The van der Waals surface area contributed by atoms with Gasteiger partial charge < -0.3 is 15.2 Å². The summed E-state index contributed by atoms with van der Waals surface area (Å²) < 4.78 is 24.6. The molecule has 1 saturated carbocycles.